The molecule has 0 saturated heterocycles. The summed E-state index contributed by atoms with van der Waals surface area (Å²) >= 11 is 0. The molecule has 3 heteroatoms. The van der Waals surface area contributed by atoms with E-state index in [0.717, 1.165) is 36.2 Å². The van der Waals surface area contributed by atoms with Crippen LogP contribution in [-0.4, -0.2) is 5.97 Å². The number of hydrogen-bond acceptors (Lipinski definition) is 3. The molecule has 2 bridgehead atoms. The molecule has 1 aliphatic heterocycles. The first-order chi connectivity index (χ1) is 8.24. The van der Waals surface area contributed by atoms with Gasteiger partial charge in [-0.1, -0.05) is 11.6 Å². The fourth-order valence-corrected chi connectivity index (χ4v) is 2.36. The van der Waals surface area contributed by atoms with Gasteiger partial charge in [0.2, 0.25) is 0 Å². The molecule has 3 rings (SSSR count). The Balaban J connectivity index is 2.05. The average molecular weight is 230 g/mol. The van der Waals surface area contributed by atoms with Crippen molar-refractivity contribution in [3.8, 4) is 0 Å². The lowest BCUT2D eigenvalue weighted by atomic mass is 10.00. The van der Waals surface area contributed by atoms with Gasteiger partial charge in [0.05, 0.1) is 6.26 Å². The fraction of sp³-hybridized carbons (Fsp3) is 0.357. The van der Waals surface area contributed by atoms with E-state index in [9.17, 15) is 4.79 Å². The van der Waals surface area contributed by atoms with Crippen molar-refractivity contribution < 1.29 is 13.9 Å². The van der Waals surface area contributed by atoms with Gasteiger partial charge in [-0.25, -0.2) is 4.79 Å². The highest BCUT2D eigenvalue weighted by Crippen LogP contribution is 2.34. The van der Waals surface area contributed by atoms with Crippen molar-refractivity contribution in [2.75, 3.05) is 0 Å². The molecule has 2 heterocycles. The maximum atomic E-state index is 11.7. The van der Waals surface area contributed by atoms with E-state index in [1.807, 2.05) is 12.1 Å². The molecule has 17 heavy (non-hydrogen) atoms. The minimum absolute atomic E-state index is 0.185. The third-order valence-corrected chi connectivity index (χ3v) is 3.28. The summed E-state index contributed by atoms with van der Waals surface area (Å²) in [7, 11) is 0. The van der Waals surface area contributed by atoms with Gasteiger partial charge in [-0.05, 0) is 31.9 Å². The third-order valence-electron chi connectivity index (χ3n) is 3.28. The summed E-state index contributed by atoms with van der Waals surface area (Å²) in [6.45, 7) is 2.09. The molecule has 3 nitrogen and oxygen atoms in total. The van der Waals surface area contributed by atoms with Crippen molar-refractivity contribution in [1.29, 1.82) is 0 Å². The van der Waals surface area contributed by atoms with Crippen molar-refractivity contribution in [2.24, 2.45) is 0 Å². The summed E-state index contributed by atoms with van der Waals surface area (Å²) in [5.41, 5.74) is 3.03. The van der Waals surface area contributed by atoms with E-state index in [0.29, 0.717) is 0 Å². The van der Waals surface area contributed by atoms with E-state index in [1.54, 1.807) is 6.26 Å². The Morgan fingerprint density at radius 2 is 2.29 bits per heavy atom. The summed E-state index contributed by atoms with van der Waals surface area (Å²) in [4.78, 5) is 11.7. The number of hydrogen-bond donors (Lipinski definition) is 0. The Kier molecular flexibility index (Phi) is 2.39. The molecule has 1 aromatic heterocycles. The second-order valence-electron chi connectivity index (χ2n) is 4.58. The lowest BCUT2D eigenvalue weighted by molar-refractivity contribution is -0.140. The minimum Gasteiger partial charge on any atom is -0.469 e. The molecule has 2 aliphatic rings. The fourth-order valence-electron chi connectivity index (χ4n) is 2.36. The molecule has 88 valence electrons. The zero-order chi connectivity index (χ0) is 11.8. The topological polar surface area (TPSA) is 39.4 Å². The standard InChI is InChI=1S/C14H14O3/c1-9-3-2-4-10-8-13(17-14(10)15)11-5-6-16-12(11)7-9/h3,5-6,8,13H,2,4,7H2,1H3/t13-/m1/s1. The third kappa shape index (κ3) is 1.82. The Bertz CT molecular complexity index is 519. The number of rotatable bonds is 0. The molecule has 1 atom stereocenters. The summed E-state index contributed by atoms with van der Waals surface area (Å²) < 4.78 is 10.8. The zero-order valence-electron chi connectivity index (χ0n) is 9.73. The average Bonchev–Trinajstić information content (AvgIpc) is 2.86. The van der Waals surface area contributed by atoms with E-state index in [2.05, 4.69) is 13.0 Å². The quantitative estimate of drug-likeness (QED) is 0.508. The summed E-state index contributed by atoms with van der Waals surface area (Å²) in [6.07, 6.45) is 7.94. The van der Waals surface area contributed by atoms with Gasteiger partial charge >= 0.3 is 5.97 Å². The van der Waals surface area contributed by atoms with Crippen molar-refractivity contribution >= 4 is 5.97 Å². The predicted molar refractivity (Wildman–Crippen MR) is 62.3 cm³/mol. The molecular weight excluding hydrogens is 216 g/mol. The highest BCUT2D eigenvalue weighted by Gasteiger charge is 2.29. The molecule has 0 fully saturated rings. The van der Waals surface area contributed by atoms with Gasteiger partial charge in [0, 0.05) is 17.6 Å². The van der Waals surface area contributed by atoms with Crippen molar-refractivity contribution in [1.82, 2.24) is 0 Å². The normalized spacial score (nSPS) is 23.6. The molecule has 0 unspecified atom stereocenters. The molecule has 1 aromatic rings. The lowest BCUT2D eigenvalue weighted by Crippen LogP contribution is -2.03. The Hall–Kier alpha value is -1.77. The summed E-state index contributed by atoms with van der Waals surface area (Å²) in [6, 6.07) is 1.89. The van der Waals surface area contributed by atoms with Crippen LogP contribution in [0.4, 0.5) is 0 Å². The van der Waals surface area contributed by atoms with Gasteiger partial charge in [0.1, 0.15) is 11.9 Å². The molecular formula is C14H14O3. The monoisotopic (exact) mass is 230 g/mol. The number of carbonyl (C=O) groups excluding carboxylic acids is 1. The van der Waals surface area contributed by atoms with Crippen LogP contribution in [0.1, 0.15) is 37.2 Å². The second-order valence-corrected chi connectivity index (χ2v) is 4.58. The van der Waals surface area contributed by atoms with Crippen LogP contribution in [0, 0.1) is 0 Å². The maximum absolute atomic E-state index is 11.7. The van der Waals surface area contributed by atoms with Crippen LogP contribution in [0.2, 0.25) is 0 Å². The molecule has 0 spiro atoms. The minimum atomic E-state index is -0.253. The first-order valence-corrected chi connectivity index (χ1v) is 5.87. The van der Waals surface area contributed by atoms with Gasteiger partial charge in [0.15, 0.2) is 0 Å². The van der Waals surface area contributed by atoms with Gasteiger partial charge in [0.25, 0.3) is 0 Å². The molecule has 0 aromatic carbocycles. The van der Waals surface area contributed by atoms with E-state index in [1.165, 1.54) is 5.57 Å². The molecule has 0 N–H and O–H groups in total. The van der Waals surface area contributed by atoms with Gasteiger partial charge < -0.3 is 9.15 Å². The number of fused-ring (bicyclic) bond motifs is 3. The summed E-state index contributed by atoms with van der Waals surface area (Å²) in [5.74, 6) is 0.714. The maximum Gasteiger partial charge on any atom is 0.334 e. The number of furan rings is 1. The number of ether oxygens (including phenoxy) is 1. The number of carbonyl (C=O) groups is 1. The first kappa shape index (κ1) is 10.4. The van der Waals surface area contributed by atoms with Crippen LogP contribution >= 0.6 is 0 Å². The van der Waals surface area contributed by atoms with Crippen molar-refractivity contribution in [3.63, 3.8) is 0 Å². The smallest absolute Gasteiger partial charge is 0.334 e. The van der Waals surface area contributed by atoms with E-state index in [4.69, 9.17) is 9.15 Å². The van der Waals surface area contributed by atoms with Gasteiger partial charge in [-0.15, -0.1) is 0 Å². The molecule has 0 saturated carbocycles. The van der Waals surface area contributed by atoms with Crippen LogP contribution < -0.4 is 0 Å². The number of esters is 1. The SMILES string of the molecule is CC1=CCCC2=C[C@@H](OC2=O)c2ccoc2C1. The van der Waals surface area contributed by atoms with Crippen molar-refractivity contribution in [2.45, 2.75) is 32.3 Å². The van der Waals surface area contributed by atoms with Gasteiger partial charge in [-0.3, -0.25) is 0 Å². The predicted octanol–water partition coefficient (Wildman–Crippen LogP) is 3.09. The highest BCUT2D eigenvalue weighted by molar-refractivity contribution is 5.91. The van der Waals surface area contributed by atoms with Gasteiger partial charge in [-0.2, -0.15) is 0 Å². The number of allylic oxidation sites excluding steroid dienone is 2. The van der Waals surface area contributed by atoms with E-state index < -0.39 is 0 Å². The highest BCUT2D eigenvalue weighted by atomic mass is 16.5. The van der Waals surface area contributed by atoms with Crippen LogP contribution in [0.15, 0.2) is 40.0 Å². The zero-order valence-corrected chi connectivity index (χ0v) is 9.73. The van der Waals surface area contributed by atoms with E-state index >= 15 is 0 Å². The molecule has 0 amide bonds. The summed E-state index contributed by atoms with van der Waals surface area (Å²) in [5, 5.41) is 0. The molecule has 1 aliphatic carbocycles. The largest absolute Gasteiger partial charge is 0.469 e. The molecule has 0 radical (unpaired) electrons. The van der Waals surface area contributed by atoms with Crippen molar-refractivity contribution in [3.05, 3.63) is 47.0 Å². The first-order valence-electron chi connectivity index (χ1n) is 5.87. The van der Waals surface area contributed by atoms with E-state index in [-0.39, 0.29) is 12.1 Å². The van der Waals surface area contributed by atoms with Crippen LogP contribution in [0.3, 0.4) is 0 Å². The second kappa shape index (κ2) is 3.91. The van der Waals surface area contributed by atoms with Crippen LogP contribution in [0.25, 0.3) is 0 Å². The van der Waals surface area contributed by atoms with Crippen LogP contribution in [0.5, 0.6) is 0 Å². The Morgan fingerprint density at radius 1 is 1.41 bits per heavy atom. The Labute approximate surface area is 99.8 Å². The Morgan fingerprint density at radius 3 is 3.18 bits per heavy atom. The lowest BCUT2D eigenvalue weighted by Gasteiger charge is -2.08. The van der Waals surface area contributed by atoms with Crippen LogP contribution in [-0.2, 0) is 16.0 Å².